The van der Waals surface area contributed by atoms with E-state index < -0.39 is 0 Å². The Morgan fingerprint density at radius 3 is 2.27 bits per heavy atom. The van der Waals surface area contributed by atoms with E-state index in [4.69, 9.17) is 9.97 Å². The van der Waals surface area contributed by atoms with Gasteiger partial charge in [-0.15, -0.1) is 0 Å². The zero-order valence-electron chi connectivity index (χ0n) is 19.0. The molecule has 1 aliphatic heterocycles. The molecule has 5 rings (SSSR count). The predicted molar refractivity (Wildman–Crippen MR) is 134 cm³/mol. The van der Waals surface area contributed by atoms with Gasteiger partial charge in [0.15, 0.2) is 5.82 Å². The molecule has 0 unspecified atom stereocenters. The van der Waals surface area contributed by atoms with Crippen LogP contribution in [0.15, 0.2) is 72.8 Å². The Morgan fingerprint density at radius 2 is 1.52 bits per heavy atom. The summed E-state index contributed by atoms with van der Waals surface area (Å²) in [6.45, 7) is 6.78. The number of carbonyl (C=O) groups is 1. The Kier molecular flexibility index (Phi) is 5.65. The monoisotopic (exact) mass is 437 g/mol. The number of anilines is 2. The molecule has 1 fully saturated rings. The summed E-state index contributed by atoms with van der Waals surface area (Å²) in [7, 11) is 0. The van der Waals surface area contributed by atoms with Crippen LogP contribution in [0.1, 0.15) is 11.1 Å². The first-order valence-corrected chi connectivity index (χ1v) is 11.3. The number of para-hydroxylation sites is 2. The molecule has 2 heterocycles. The molecule has 1 N–H and O–H groups in total. The minimum absolute atomic E-state index is 0.0585. The lowest BCUT2D eigenvalue weighted by Crippen LogP contribution is -2.50. The number of amides is 2. The van der Waals surface area contributed by atoms with Crippen LogP contribution in [0.4, 0.5) is 16.3 Å². The third kappa shape index (κ3) is 4.37. The zero-order chi connectivity index (χ0) is 22.8. The van der Waals surface area contributed by atoms with Crippen molar-refractivity contribution < 1.29 is 4.79 Å². The van der Waals surface area contributed by atoms with E-state index in [0.29, 0.717) is 13.1 Å². The summed E-state index contributed by atoms with van der Waals surface area (Å²) in [4.78, 5) is 26.7. The quantitative estimate of drug-likeness (QED) is 0.474. The van der Waals surface area contributed by atoms with Gasteiger partial charge in [-0.1, -0.05) is 60.2 Å². The molecule has 0 aliphatic carbocycles. The number of hydrogen-bond acceptors (Lipinski definition) is 4. The van der Waals surface area contributed by atoms with Crippen molar-refractivity contribution in [1.29, 1.82) is 0 Å². The third-order valence-electron chi connectivity index (χ3n) is 6.15. The second-order valence-corrected chi connectivity index (χ2v) is 8.47. The van der Waals surface area contributed by atoms with Crippen LogP contribution in [0.2, 0.25) is 0 Å². The van der Waals surface area contributed by atoms with Crippen molar-refractivity contribution in [3.05, 3.63) is 83.9 Å². The molecule has 33 heavy (non-hydrogen) atoms. The van der Waals surface area contributed by atoms with Gasteiger partial charge in [-0.2, -0.15) is 0 Å². The van der Waals surface area contributed by atoms with Crippen molar-refractivity contribution in [3.63, 3.8) is 0 Å². The molecule has 6 nitrogen and oxygen atoms in total. The molecule has 0 saturated carbocycles. The lowest BCUT2D eigenvalue weighted by Gasteiger charge is -2.36. The number of nitrogens with one attached hydrogen (secondary N) is 1. The van der Waals surface area contributed by atoms with Crippen molar-refractivity contribution >= 4 is 28.4 Å². The molecule has 3 aromatic carbocycles. The number of benzene rings is 3. The Morgan fingerprint density at radius 1 is 0.818 bits per heavy atom. The van der Waals surface area contributed by atoms with E-state index in [2.05, 4.69) is 47.5 Å². The lowest BCUT2D eigenvalue weighted by atomic mass is 10.1. The number of nitrogens with zero attached hydrogens (tertiary/aromatic N) is 4. The number of rotatable bonds is 3. The summed E-state index contributed by atoms with van der Waals surface area (Å²) in [5.74, 6) is 1.65. The SMILES string of the molecule is Cc1ccc(-c2nc(N3CCN(C(=O)Nc4ccccc4C)CC3)c3ccccc3n2)cc1. The van der Waals surface area contributed by atoms with Gasteiger partial charge in [0.1, 0.15) is 5.82 Å². The zero-order valence-corrected chi connectivity index (χ0v) is 19.0. The Labute approximate surface area is 193 Å². The van der Waals surface area contributed by atoms with E-state index in [-0.39, 0.29) is 6.03 Å². The molecule has 0 spiro atoms. The minimum atomic E-state index is -0.0585. The van der Waals surface area contributed by atoms with Crippen LogP contribution < -0.4 is 10.2 Å². The molecule has 166 valence electrons. The van der Waals surface area contributed by atoms with Gasteiger partial charge in [-0.05, 0) is 37.6 Å². The molecule has 0 bridgehead atoms. The molecular formula is C27H27N5O. The summed E-state index contributed by atoms with van der Waals surface area (Å²) in [6.07, 6.45) is 0. The molecular weight excluding hydrogens is 410 g/mol. The summed E-state index contributed by atoms with van der Waals surface area (Å²) in [5.41, 5.74) is 5.05. The first-order chi connectivity index (χ1) is 16.1. The van der Waals surface area contributed by atoms with E-state index in [1.165, 1.54) is 5.56 Å². The Balaban J connectivity index is 1.37. The van der Waals surface area contributed by atoms with Crippen molar-refractivity contribution in [1.82, 2.24) is 14.9 Å². The second kappa shape index (κ2) is 8.90. The average Bonchev–Trinajstić information content (AvgIpc) is 2.85. The van der Waals surface area contributed by atoms with Gasteiger partial charge in [-0.25, -0.2) is 14.8 Å². The van der Waals surface area contributed by atoms with Gasteiger partial charge in [0.05, 0.1) is 5.52 Å². The highest BCUT2D eigenvalue weighted by Crippen LogP contribution is 2.28. The number of urea groups is 1. The normalized spacial score (nSPS) is 13.9. The smallest absolute Gasteiger partial charge is 0.321 e. The number of aromatic nitrogens is 2. The molecule has 4 aromatic rings. The van der Waals surface area contributed by atoms with Crippen LogP contribution >= 0.6 is 0 Å². The molecule has 2 amide bonds. The number of carbonyl (C=O) groups excluding carboxylic acids is 1. The van der Waals surface area contributed by atoms with E-state index in [9.17, 15) is 4.79 Å². The molecule has 0 radical (unpaired) electrons. The maximum atomic E-state index is 12.8. The molecule has 1 saturated heterocycles. The van der Waals surface area contributed by atoms with E-state index in [0.717, 1.165) is 52.4 Å². The number of aryl methyl sites for hydroxylation is 2. The van der Waals surface area contributed by atoms with Crippen LogP contribution in [0, 0.1) is 13.8 Å². The highest BCUT2D eigenvalue weighted by Gasteiger charge is 2.24. The van der Waals surface area contributed by atoms with Crippen molar-refractivity contribution in [2.24, 2.45) is 0 Å². The predicted octanol–water partition coefficient (Wildman–Crippen LogP) is 5.27. The summed E-state index contributed by atoms with van der Waals surface area (Å²) >= 11 is 0. The molecule has 1 aromatic heterocycles. The Bertz CT molecular complexity index is 1290. The van der Waals surface area contributed by atoms with Gasteiger partial charge in [0.2, 0.25) is 0 Å². The first kappa shape index (κ1) is 20.9. The van der Waals surface area contributed by atoms with Gasteiger partial charge < -0.3 is 15.1 Å². The second-order valence-electron chi connectivity index (χ2n) is 8.47. The standard InChI is InChI=1S/C27H27N5O/c1-19-11-13-21(14-12-19)25-28-24-10-6-4-8-22(24)26(30-25)31-15-17-32(18-16-31)27(33)29-23-9-5-3-7-20(23)2/h3-14H,15-18H2,1-2H3,(H,29,33). The van der Waals surface area contributed by atoms with Crippen LogP contribution in [0.25, 0.3) is 22.3 Å². The van der Waals surface area contributed by atoms with Gasteiger partial charge in [0, 0.05) is 42.8 Å². The minimum Gasteiger partial charge on any atom is -0.352 e. The largest absolute Gasteiger partial charge is 0.352 e. The fraction of sp³-hybridized carbons (Fsp3) is 0.222. The van der Waals surface area contributed by atoms with Crippen molar-refractivity contribution in [2.45, 2.75) is 13.8 Å². The van der Waals surface area contributed by atoms with E-state index in [1.807, 2.05) is 54.3 Å². The highest BCUT2D eigenvalue weighted by molar-refractivity contribution is 5.92. The maximum Gasteiger partial charge on any atom is 0.321 e. The first-order valence-electron chi connectivity index (χ1n) is 11.3. The number of hydrogen-bond donors (Lipinski definition) is 1. The summed E-state index contributed by atoms with van der Waals surface area (Å²) < 4.78 is 0. The van der Waals surface area contributed by atoms with Crippen LogP contribution in [-0.2, 0) is 0 Å². The fourth-order valence-electron chi connectivity index (χ4n) is 4.16. The third-order valence-corrected chi connectivity index (χ3v) is 6.15. The number of fused-ring (bicyclic) bond motifs is 1. The highest BCUT2D eigenvalue weighted by atomic mass is 16.2. The topological polar surface area (TPSA) is 61.4 Å². The molecule has 1 aliphatic rings. The fourth-order valence-corrected chi connectivity index (χ4v) is 4.16. The van der Waals surface area contributed by atoms with E-state index >= 15 is 0 Å². The molecule has 0 atom stereocenters. The van der Waals surface area contributed by atoms with Crippen molar-refractivity contribution in [2.75, 3.05) is 36.4 Å². The van der Waals surface area contributed by atoms with Crippen LogP contribution in [-0.4, -0.2) is 47.1 Å². The summed E-state index contributed by atoms with van der Waals surface area (Å²) in [5, 5.41) is 4.08. The van der Waals surface area contributed by atoms with Crippen LogP contribution in [0.3, 0.4) is 0 Å². The average molecular weight is 438 g/mol. The lowest BCUT2D eigenvalue weighted by molar-refractivity contribution is 0.208. The van der Waals surface area contributed by atoms with E-state index in [1.54, 1.807) is 0 Å². The molecule has 6 heteroatoms. The van der Waals surface area contributed by atoms with Gasteiger partial charge >= 0.3 is 6.03 Å². The number of piperazine rings is 1. The van der Waals surface area contributed by atoms with Crippen LogP contribution in [0.5, 0.6) is 0 Å². The maximum absolute atomic E-state index is 12.8. The summed E-state index contributed by atoms with van der Waals surface area (Å²) in [6, 6.07) is 24.2. The van der Waals surface area contributed by atoms with Gasteiger partial charge in [0.25, 0.3) is 0 Å². The van der Waals surface area contributed by atoms with Crippen molar-refractivity contribution in [3.8, 4) is 11.4 Å². The Hall–Kier alpha value is -3.93. The van der Waals surface area contributed by atoms with Gasteiger partial charge in [-0.3, -0.25) is 0 Å².